The summed E-state index contributed by atoms with van der Waals surface area (Å²) in [6.45, 7) is 0. The maximum atomic E-state index is 10.7. The van der Waals surface area contributed by atoms with Gasteiger partial charge in [-0.05, 0) is 24.8 Å². The fraction of sp³-hybridized carbons (Fsp3) is 0.400. The van der Waals surface area contributed by atoms with Crippen LogP contribution in [0.25, 0.3) is 0 Å². The molecule has 0 bridgehead atoms. The SMILES string of the molecule is NC1CCCc2c1cccc2[N+](=O)[O-]. The van der Waals surface area contributed by atoms with Crippen LogP contribution >= 0.6 is 0 Å². The molecule has 2 N–H and O–H groups in total. The number of fused-ring (bicyclic) bond motifs is 1. The van der Waals surface area contributed by atoms with Gasteiger partial charge < -0.3 is 5.73 Å². The van der Waals surface area contributed by atoms with E-state index in [2.05, 4.69) is 0 Å². The van der Waals surface area contributed by atoms with Crippen LogP contribution in [0.2, 0.25) is 0 Å². The molecule has 1 aromatic carbocycles. The third-order valence-corrected chi connectivity index (χ3v) is 2.73. The molecule has 14 heavy (non-hydrogen) atoms. The highest BCUT2D eigenvalue weighted by Crippen LogP contribution is 2.33. The van der Waals surface area contributed by atoms with Gasteiger partial charge in [-0.25, -0.2) is 0 Å². The fourth-order valence-corrected chi connectivity index (χ4v) is 2.04. The van der Waals surface area contributed by atoms with E-state index < -0.39 is 0 Å². The van der Waals surface area contributed by atoms with Gasteiger partial charge >= 0.3 is 0 Å². The van der Waals surface area contributed by atoms with Crippen molar-refractivity contribution >= 4 is 5.69 Å². The van der Waals surface area contributed by atoms with E-state index in [1.807, 2.05) is 6.07 Å². The van der Waals surface area contributed by atoms with Crippen molar-refractivity contribution in [2.75, 3.05) is 0 Å². The molecule has 1 aromatic rings. The molecule has 1 aliphatic carbocycles. The first-order valence-electron chi connectivity index (χ1n) is 4.72. The molecule has 74 valence electrons. The Kier molecular flexibility index (Phi) is 2.21. The number of benzene rings is 1. The largest absolute Gasteiger partial charge is 0.324 e. The Bertz CT molecular complexity index is 376. The van der Waals surface area contributed by atoms with Crippen molar-refractivity contribution in [1.29, 1.82) is 0 Å². The summed E-state index contributed by atoms with van der Waals surface area (Å²) in [6, 6.07) is 5.13. The molecule has 0 aliphatic heterocycles. The lowest BCUT2D eigenvalue weighted by Gasteiger charge is -2.21. The molecule has 0 aromatic heterocycles. The molecule has 0 amide bonds. The van der Waals surface area contributed by atoms with Crippen LogP contribution in [-0.4, -0.2) is 4.92 Å². The summed E-state index contributed by atoms with van der Waals surface area (Å²) in [4.78, 5) is 10.4. The van der Waals surface area contributed by atoms with Crippen LogP contribution in [-0.2, 0) is 6.42 Å². The maximum absolute atomic E-state index is 10.7. The summed E-state index contributed by atoms with van der Waals surface area (Å²) in [7, 11) is 0. The molecule has 4 heteroatoms. The van der Waals surface area contributed by atoms with E-state index in [9.17, 15) is 10.1 Å². The van der Waals surface area contributed by atoms with Crippen LogP contribution in [0.15, 0.2) is 18.2 Å². The summed E-state index contributed by atoms with van der Waals surface area (Å²) < 4.78 is 0. The van der Waals surface area contributed by atoms with Crippen molar-refractivity contribution in [1.82, 2.24) is 0 Å². The van der Waals surface area contributed by atoms with Crippen molar-refractivity contribution < 1.29 is 4.92 Å². The predicted octanol–water partition coefficient (Wildman–Crippen LogP) is 1.93. The Hall–Kier alpha value is -1.42. The summed E-state index contributed by atoms with van der Waals surface area (Å²) in [5.41, 5.74) is 7.89. The molecule has 2 rings (SSSR count). The molecular weight excluding hydrogens is 180 g/mol. The molecule has 0 fully saturated rings. The van der Waals surface area contributed by atoms with Crippen molar-refractivity contribution in [2.45, 2.75) is 25.3 Å². The van der Waals surface area contributed by atoms with Gasteiger partial charge in [0, 0.05) is 17.7 Å². The van der Waals surface area contributed by atoms with E-state index in [4.69, 9.17) is 5.73 Å². The lowest BCUT2D eigenvalue weighted by atomic mass is 9.87. The van der Waals surface area contributed by atoms with Gasteiger partial charge in [0.2, 0.25) is 0 Å². The lowest BCUT2D eigenvalue weighted by Crippen LogP contribution is -2.18. The minimum Gasteiger partial charge on any atom is -0.324 e. The first kappa shape index (κ1) is 9.15. The number of rotatable bonds is 1. The van der Waals surface area contributed by atoms with Gasteiger partial charge in [-0.1, -0.05) is 12.1 Å². The predicted molar refractivity (Wildman–Crippen MR) is 53.0 cm³/mol. The quantitative estimate of drug-likeness (QED) is 0.546. The average molecular weight is 192 g/mol. The van der Waals surface area contributed by atoms with Crippen LogP contribution < -0.4 is 5.73 Å². The normalized spacial score (nSPS) is 20.2. The Morgan fingerprint density at radius 2 is 2.29 bits per heavy atom. The van der Waals surface area contributed by atoms with Crippen molar-refractivity contribution in [3.63, 3.8) is 0 Å². The van der Waals surface area contributed by atoms with Crippen molar-refractivity contribution in [3.8, 4) is 0 Å². The lowest BCUT2D eigenvalue weighted by molar-refractivity contribution is -0.385. The van der Waals surface area contributed by atoms with E-state index in [1.54, 1.807) is 12.1 Å². The zero-order valence-electron chi connectivity index (χ0n) is 7.77. The van der Waals surface area contributed by atoms with Crippen LogP contribution in [0.1, 0.15) is 30.0 Å². The van der Waals surface area contributed by atoms with Crippen LogP contribution in [0, 0.1) is 10.1 Å². The van der Waals surface area contributed by atoms with E-state index >= 15 is 0 Å². The minimum atomic E-state index is -0.323. The average Bonchev–Trinajstić information content (AvgIpc) is 2.17. The van der Waals surface area contributed by atoms with E-state index in [-0.39, 0.29) is 16.7 Å². The van der Waals surface area contributed by atoms with Crippen LogP contribution in [0.3, 0.4) is 0 Å². The van der Waals surface area contributed by atoms with Crippen molar-refractivity contribution in [3.05, 3.63) is 39.4 Å². The molecular formula is C10H12N2O2. The maximum Gasteiger partial charge on any atom is 0.272 e. The standard InChI is InChI=1S/C10H12N2O2/c11-9-5-1-4-8-7(9)3-2-6-10(8)12(13)14/h2-3,6,9H,1,4-5,11H2. The van der Waals surface area contributed by atoms with Gasteiger partial charge in [-0.15, -0.1) is 0 Å². The summed E-state index contributed by atoms with van der Waals surface area (Å²) in [6.07, 6.45) is 2.65. The number of hydrogen-bond acceptors (Lipinski definition) is 3. The molecule has 0 spiro atoms. The number of nitro groups is 1. The summed E-state index contributed by atoms with van der Waals surface area (Å²) in [5, 5.41) is 10.7. The molecule has 0 saturated heterocycles. The second-order valence-corrected chi connectivity index (χ2v) is 3.60. The Labute approximate surface area is 81.9 Å². The third-order valence-electron chi connectivity index (χ3n) is 2.73. The van der Waals surface area contributed by atoms with Crippen LogP contribution in [0.4, 0.5) is 5.69 Å². The Balaban J connectivity index is 2.55. The Morgan fingerprint density at radius 1 is 1.50 bits per heavy atom. The highest BCUT2D eigenvalue weighted by Gasteiger charge is 2.23. The molecule has 0 saturated carbocycles. The topological polar surface area (TPSA) is 69.2 Å². The zero-order chi connectivity index (χ0) is 10.1. The van der Waals surface area contributed by atoms with E-state index in [1.165, 1.54) is 0 Å². The smallest absolute Gasteiger partial charge is 0.272 e. The number of nitrogens with zero attached hydrogens (tertiary/aromatic N) is 1. The number of nitro benzene ring substituents is 1. The van der Waals surface area contributed by atoms with Crippen molar-refractivity contribution in [2.24, 2.45) is 5.73 Å². The molecule has 1 unspecified atom stereocenters. The number of nitrogens with two attached hydrogens (primary N) is 1. The van der Waals surface area contributed by atoms with Gasteiger partial charge in [0.15, 0.2) is 0 Å². The molecule has 0 radical (unpaired) electrons. The van der Waals surface area contributed by atoms with E-state index in [0.717, 1.165) is 30.4 Å². The first-order chi connectivity index (χ1) is 6.70. The van der Waals surface area contributed by atoms with Gasteiger partial charge in [-0.2, -0.15) is 0 Å². The second-order valence-electron chi connectivity index (χ2n) is 3.60. The third kappa shape index (κ3) is 1.37. The van der Waals surface area contributed by atoms with Gasteiger partial charge in [0.05, 0.1) is 4.92 Å². The monoisotopic (exact) mass is 192 g/mol. The van der Waals surface area contributed by atoms with Crippen LogP contribution in [0.5, 0.6) is 0 Å². The minimum absolute atomic E-state index is 0.0290. The fourth-order valence-electron chi connectivity index (χ4n) is 2.04. The van der Waals surface area contributed by atoms with Gasteiger partial charge in [0.25, 0.3) is 5.69 Å². The summed E-state index contributed by atoms with van der Waals surface area (Å²) >= 11 is 0. The highest BCUT2D eigenvalue weighted by molar-refractivity contribution is 5.47. The molecule has 0 heterocycles. The Morgan fingerprint density at radius 3 is 3.00 bits per heavy atom. The molecule has 4 nitrogen and oxygen atoms in total. The van der Waals surface area contributed by atoms with Gasteiger partial charge in [0.1, 0.15) is 0 Å². The zero-order valence-corrected chi connectivity index (χ0v) is 7.77. The number of hydrogen-bond donors (Lipinski definition) is 1. The molecule has 1 aliphatic rings. The highest BCUT2D eigenvalue weighted by atomic mass is 16.6. The van der Waals surface area contributed by atoms with Gasteiger partial charge in [-0.3, -0.25) is 10.1 Å². The first-order valence-corrected chi connectivity index (χ1v) is 4.72. The molecule has 1 atom stereocenters. The second kappa shape index (κ2) is 3.38. The summed E-state index contributed by atoms with van der Waals surface area (Å²) in [5.74, 6) is 0. The van der Waals surface area contributed by atoms with E-state index in [0.29, 0.717) is 0 Å².